The molecule has 1 atom stereocenters. The predicted octanol–water partition coefficient (Wildman–Crippen LogP) is 3.72. The summed E-state index contributed by atoms with van der Waals surface area (Å²) in [5.41, 5.74) is 5.07. The van der Waals surface area contributed by atoms with E-state index in [4.69, 9.17) is 0 Å². The maximum atomic E-state index is 13.5. The maximum absolute atomic E-state index is 13.5. The number of rotatable bonds is 7. The molecule has 0 aliphatic heterocycles. The largest absolute Gasteiger partial charge is 0.478 e. The van der Waals surface area contributed by atoms with E-state index in [1.165, 1.54) is 10.6 Å². The zero-order valence-corrected chi connectivity index (χ0v) is 19.4. The molecule has 0 bridgehead atoms. The predicted molar refractivity (Wildman–Crippen MR) is 127 cm³/mol. The van der Waals surface area contributed by atoms with Crippen LogP contribution < -0.4 is 10.6 Å². The van der Waals surface area contributed by atoms with Crippen molar-refractivity contribution in [2.75, 3.05) is 0 Å². The summed E-state index contributed by atoms with van der Waals surface area (Å²) in [6, 6.07) is 10.3. The van der Waals surface area contributed by atoms with Gasteiger partial charge in [-0.05, 0) is 66.3 Å². The minimum atomic E-state index is -0.976. The fourth-order valence-electron chi connectivity index (χ4n) is 4.69. The average molecular weight is 491 g/mol. The average Bonchev–Trinajstić information content (AvgIpc) is 3.50. The lowest BCUT2D eigenvalue weighted by Gasteiger charge is -2.16. The Labute approximate surface area is 205 Å². The molecule has 184 valence electrons. The van der Waals surface area contributed by atoms with Crippen LogP contribution in [0.3, 0.4) is 0 Å². The fourth-order valence-corrected chi connectivity index (χ4v) is 4.69. The maximum Gasteiger partial charge on any atom is 0.335 e. The van der Waals surface area contributed by atoms with Crippen LogP contribution >= 0.6 is 0 Å². The van der Waals surface area contributed by atoms with Crippen LogP contribution in [0, 0.1) is 18.6 Å². The fraction of sp³-hybridized carbons (Fsp3) is 0.231. The number of carbonyl (C=O) groups excluding carboxylic acids is 1. The van der Waals surface area contributed by atoms with Crippen molar-refractivity contribution in [1.82, 2.24) is 25.2 Å². The van der Waals surface area contributed by atoms with E-state index in [1.807, 2.05) is 13.0 Å². The summed E-state index contributed by atoms with van der Waals surface area (Å²) < 4.78 is 28.1. The normalized spacial score (nSPS) is 14.7. The summed E-state index contributed by atoms with van der Waals surface area (Å²) in [6.45, 7) is 2.24. The molecule has 0 fully saturated rings. The van der Waals surface area contributed by atoms with Gasteiger partial charge in [0.25, 0.3) is 5.91 Å². The lowest BCUT2D eigenvalue weighted by Crippen LogP contribution is -2.26. The summed E-state index contributed by atoms with van der Waals surface area (Å²) >= 11 is 0. The van der Waals surface area contributed by atoms with Gasteiger partial charge in [0.15, 0.2) is 17.3 Å². The molecule has 8 nitrogen and oxygen atoms in total. The van der Waals surface area contributed by atoms with Gasteiger partial charge in [-0.15, -0.1) is 0 Å². The Morgan fingerprint density at radius 2 is 1.94 bits per heavy atom. The van der Waals surface area contributed by atoms with Crippen molar-refractivity contribution in [1.29, 1.82) is 0 Å². The van der Waals surface area contributed by atoms with Crippen LogP contribution in [0.1, 0.15) is 61.3 Å². The summed E-state index contributed by atoms with van der Waals surface area (Å²) in [5.74, 6) is -3.28. The molecule has 0 radical (unpaired) electrons. The molecule has 1 aliphatic rings. The van der Waals surface area contributed by atoms with Gasteiger partial charge in [-0.1, -0.05) is 12.1 Å². The molecule has 2 heterocycles. The van der Waals surface area contributed by atoms with Gasteiger partial charge in [-0.2, -0.15) is 5.10 Å². The molecule has 0 unspecified atom stereocenters. The highest BCUT2D eigenvalue weighted by Crippen LogP contribution is 2.34. The van der Waals surface area contributed by atoms with E-state index in [1.54, 1.807) is 24.4 Å². The first-order valence-electron chi connectivity index (χ1n) is 11.5. The highest BCUT2D eigenvalue weighted by atomic mass is 19.2. The van der Waals surface area contributed by atoms with Crippen LogP contribution in [-0.2, 0) is 19.5 Å². The van der Waals surface area contributed by atoms with E-state index < -0.39 is 23.5 Å². The molecule has 10 heteroatoms. The number of amides is 1. The number of halogens is 2. The van der Waals surface area contributed by atoms with Gasteiger partial charge in [0.05, 0.1) is 17.5 Å². The Bertz CT molecular complexity index is 1500. The first kappa shape index (κ1) is 23.6. The third kappa shape index (κ3) is 4.42. The minimum absolute atomic E-state index is 0.0191. The van der Waals surface area contributed by atoms with Crippen LogP contribution in [0.2, 0.25) is 0 Å². The molecule has 36 heavy (non-hydrogen) atoms. The van der Waals surface area contributed by atoms with Crippen LogP contribution in [0.5, 0.6) is 0 Å². The molecule has 5 rings (SSSR count). The van der Waals surface area contributed by atoms with E-state index >= 15 is 0 Å². The molecule has 0 spiro atoms. The van der Waals surface area contributed by atoms with Gasteiger partial charge >= 0.3 is 5.97 Å². The molecule has 1 amide bonds. The van der Waals surface area contributed by atoms with Crippen molar-refractivity contribution in [3.05, 3.63) is 99.5 Å². The van der Waals surface area contributed by atoms with E-state index in [9.17, 15) is 23.5 Å². The third-order valence-electron chi connectivity index (χ3n) is 6.54. The second-order valence-corrected chi connectivity index (χ2v) is 8.75. The standard InChI is InChI=1S/C26H23F2N5O3/c1-14-17-5-7-22(19(17)4-3-18(14)26(35)36)29-13-16-11-23(33-24(32-16)8-9-31-33)25(34)30-12-15-2-6-20(27)21(28)10-15/h2-4,6,8-11,22,29H,5,7,12-13H2,1H3,(H,30,34)(H,35,36)/t22-/m0/s1. The van der Waals surface area contributed by atoms with Crippen LogP contribution in [0.25, 0.3) is 5.65 Å². The Morgan fingerprint density at radius 1 is 1.11 bits per heavy atom. The molecular formula is C26H23F2N5O3. The van der Waals surface area contributed by atoms with Crippen LogP contribution in [0.4, 0.5) is 8.78 Å². The van der Waals surface area contributed by atoms with Gasteiger partial charge < -0.3 is 15.7 Å². The Hall–Kier alpha value is -4.18. The number of hydrogen-bond donors (Lipinski definition) is 3. The number of carboxylic acid groups (broad SMARTS) is 1. The number of benzene rings is 2. The molecular weight excluding hydrogens is 468 g/mol. The van der Waals surface area contributed by atoms with Gasteiger partial charge in [0.1, 0.15) is 5.69 Å². The van der Waals surface area contributed by atoms with Gasteiger partial charge in [0.2, 0.25) is 0 Å². The monoisotopic (exact) mass is 491 g/mol. The number of carbonyl (C=O) groups is 2. The number of fused-ring (bicyclic) bond motifs is 2. The number of hydrogen-bond acceptors (Lipinski definition) is 5. The number of aromatic nitrogens is 3. The van der Waals surface area contributed by atoms with Crippen molar-refractivity contribution in [3.63, 3.8) is 0 Å². The first-order chi connectivity index (χ1) is 17.3. The first-order valence-corrected chi connectivity index (χ1v) is 11.5. The topological polar surface area (TPSA) is 109 Å². The second kappa shape index (κ2) is 9.46. The Balaban J connectivity index is 1.32. The number of nitrogens with one attached hydrogen (secondary N) is 2. The zero-order valence-electron chi connectivity index (χ0n) is 19.4. The van der Waals surface area contributed by atoms with E-state index in [0.717, 1.165) is 41.7 Å². The van der Waals surface area contributed by atoms with Crippen LogP contribution in [-0.4, -0.2) is 31.6 Å². The zero-order chi connectivity index (χ0) is 25.4. The molecule has 2 aromatic heterocycles. The highest BCUT2D eigenvalue weighted by molar-refractivity contribution is 5.93. The molecule has 4 aromatic rings. The second-order valence-electron chi connectivity index (χ2n) is 8.75. The molecule has 1 aliphatic carbocycles. The van der Waals surface area contributed by atoms with E-state index in [-0.39, 0.29) is 18.3 Å². The number of carboxylic acids is 1. The Morgan fingerprint density at radius 3 is 2.72 bits per heavy atom. The van der Waals surface area contributed by atoms with Gasteiger partial charge in [0, 0.05) is 25.2 Å². The quantitative estimate of drug-likeness (QED) is 0.364. The third-order valence-corrected chi connectivity index (χ3v) is 6.54. The van der Waals surface area contributed by atoms with Crippen LogP contribution in [0.15, 0.2) is 48.7 Å². The highest BCUT2D eigenvalue weighted by Gasteiger charge is 2.26. The van der Waals surface area contributed by atoms with Crippen molar-refractivity contribution in [3.8, 4) is 0 Å². The molecule has 0 saturated carbocycles. The lowest BCUT2D eigenvalue weighted by atomic mass is 9.98. The number of nitrogens with zero attached hydrogens (tertiary/aromatic N) is 3. The van der Waals surface area contributed by atoms with Crippen molar-refractivity contribution in [2.45, 2.75) is 38.9 Å². The summed E-state index contributed by atoms with van der Waals surface area (Å²) in [6.07, 6.45) is 3.16. The van der Waals surface area contributed by atoms with Gasteiger partial charge in [-0.25, -0.2) is 23.1 Å². The lowest BCUT2D eigenvalue weighted by molar-refractivity contribution is 0.0695. The SMILES string of the molecule is Cc1c(C(=O)O)ccc2c1CC[C@@H]2NCc1cc(C(=O)NCc2ccc(F)c(F)c2)n2nccc2n1. The molecule has 0 saturated heterocycles. The summed E-state index contributed by atoms with van der Waals surface area (Å²) in [4.78, 5) is 29.0. The number of aromatic carboxylic acids is 1. The van der Waals surface area contributed by atoms with E-state index in [0.29, 0.717) is 29.0 Å². The molecule has 2 aromatic carbocycles. The summed E-state index contributed by atoms with van der Waals surface area (Å²) in [5, 5.41) is 19.8. The Kier molecular flexibility index (Phi) is 6.19. The minimum Gasteiger partial charge on any atom is -0.478 e. The van der Waals surface area contributed by atoms with Gasteiger partial charge in [-0.3, -0.25) is 4.79 Å². The van der Waals surface area contributed by atoms with Crippen molar-refractivity contribution >= 4 is 17.5 Å². The van der Waals surface area contributed by atoms with Crippen molar-refractivity contribution < 1.29 is 23.5 Å². The smallest absolute Gasteiger partial charge is 0.335 e. The van der Waals surface area contributed by atoms with E-state index in [2.05, 4.69) is 20.7 Å². The van der Waals surface area contributed by atoms with Crippen molar-refractivity contribution in [2.24, 2.45) is 0 Å². The summed E-state index contributed by atoms with van der Waals surface area (Å²) in [7, 11) is 0. The molecule has 3 N–H and O–H groups in total.